The van der Waals surface area contributed by atoms with Crippen LogP contribution in [0.5, 0.6) is 5.75 Å². The maximum Gasteiger partial charge on any atom is 0.227 e. The molecular formula is C24H26N2O2. The van der Waals surface area contributed by atoms with E-state index in [1.54, 1.807) is 14.2 Å². The smallest absolute Gasteiger partial charge is 0.227 e. The molecule has 1 unspecified atom stereocenters. The Labute approximate surface area is 166 Å². The summed E-state index contributed by atoms with van der Waals surface area (Å²) in [6.45, 7) is 0.720. The van der Waals surface area contributed by atoms with Crippen LogP contribution < -0.4 is 15.0 Å². The van der Waals surface area contributed by atoms with Crippen molar-refractivity contribution >= 4 is 17.3 Å². The molecule has 3 aromatic carbocycles. The molecule has 0 fully saturated rings. The molecule has 0 aromatic heterocycles. The van der Waals surface area contributed by atoms with Crippen molar-refractivity contribution in [3.63, 3.8) is 0 Å². The lowest BCUT2D eigenvalue weighted by Crippen LogP contribution is -2.29. The lowest BCUT2D eigenvalue weighted by Gasteiger charge is -2.27. The summed E-state index contributed by atoms with van der Waals surface area (Å²) in [5.41, 5.74) is 3.21. The minimum absolute atomic E-state index is 0.0197. The van der Waals surface area contributed by atoms with Crippen LogP contribution in [-0.4, -0.2) is 26.6 Å². The molecule has 1 amide bonds. The number of likely N-dealkylation sites (N-methyl/N-ethyl adjacent to an activating group) is 1. The number of carbonyl (C=O) groups excluding carboxylic acids is 1. The highest BCUT2D eigenvalue weighted by Gasteiger charge is 2.21. The van der Waals surface area contributed by atoms with Gasteiger partial charge in [-0.05, 0) is 48.4 Å². The topological polar surface area (TPSA) is 41.6 Å². The molecule has 3 aromatic rings. The Balaban J connectivity index is 1.85. The Kier molecular flexibility index (Phi) is 6.68. The van der Waals surface area contributed by atoms with E-state index < -0.39 is 0 Å². The van der Waals surface area contributed by atoms with Crippen LogP contribution in [-0.2, 0) is 4.79 Å². The summed E-state index contributed by atoms with van der Waals surface area (Å²) >= 11 is 0. The number of amides is 1. The van der Waals surface area contributed by atoms with Gasteiger partial charge in [-0.25, -0.2) is 0 Å². The number of hydrogen-bond donors (Lipinski definition) is 1. The van der Waals surface area contributed by atoms with Gasteiger partial charge in [0.25, 0.3) is 0 Å². The zero-order chi connectivity index (χ0) is 19.8. The van der Waals surface area contributed by atoms with Crippen molar-refractivity contribution in [3.8, 4) is 5.75 Å². The summed E-state index contributed by atoms with van der Waals surface area (Å²) in [4.78, 5) is 14.8. The number of carbonyl (C=O) groups is 1. The summed E-state index contributed by atoms with van der Waals surface area (Å²) in [5, 5.41) is 2.81. The van der Waals surface area contributed by atoms with Crippen LogP contribution in [0.25, 0.3) is 0 Å². The van der Waals surface area contributed by atoms with Crippen molar-refractivity contribution < 1.29 is 9.53 Å². The van der Waals surface area contributed by atoms with E-state index in [-0.39, 0.29) is 11.8 Å². The fourth-order valence-corrected chi connectivity index (χ4v) is 3.34. The van der Waals surface area contributed by atoms with E-state index in [2.05, 4.69) is 34.5 Å². The number of nitrogens with one attached hydrogen (secondary N) is 1. The first-order valence-electron chi connectivity index (χ1n) is 9.46. The number of para-hydroxylation sites is 2. The predicted octanol–water partition coefficient (Wildman–Crippen LogP) is 4.75. The fraction of sp³-hybridized carbons (Fsp3) is 0.208. The highest BCUT2D eigenvalue weighted by atomic mass is 16.5. The molecule has 28 heavy (non-hydrogen) atoms. The van der Waals surface area contributed by atoms with Crippen LogP contribution in [0.4, 0.5) is 11.4 Å². The van der Waals surface area contributed by atoms with E-state index in [9.17, 15) is 4.79 Å². The summed E-state index contributed by atoms with van der Waals surface area (Å²) in [6.07, 6.45) is 0.690. The maximum atomic E-state index is 12.6. The first-order chi connectivity index (χ1) is 13.7. The summed E-state index contributed by atoms with van der Waals surface area (Å²) in [7, 11) is 3.33. The molecule has 0 bridgehead atoms. The van der Waals surface area contributed by atoms with Gasteiger partial charge in [-0.1, -0.05) is 48.5 Å². The van der Waals surface area contributed by atoms with Gasteiger partial charge >= 0.3 is 0 Å². The molecule has 4 nitrogen and oxygen atoms in total. The van der Waals surface area contributed by atoms with Gasteiger partial charge in [0, 0.05) is 25.0 Å². The van der Waals surface area contributed by atoms with Crippen molar-refractivity contribution in [3.05, 3.63) is 90.5 Å². The fourth-order valence-electron chi connectivity index (χ4n) is 3.34. The van der Waals surface area contributed by atoms with Crippen molar-refractivity contribution in [2.24, 2.45) is 0 Å². The van der Waals surface area contributed by atoms with Crippen molar-refractivity contribution in [2.75, 3.05) is 25.6 Å². The first-order valence-corrected chi connectivity index (χ1v) is 9.46. The maximum absolute atomic E-state index is 12.6. The Morgan fingerprint density at radius 2 is 1.43 bits per heavy atom. The second-order valence-corrected chi connectivity index (χ2v) is 6.55. The van der Waals surface area contributed by atoms with Gasteiger partial charge in [-0.2, -0.15) is 0 Å². The number of hydrogen-bond acceptors (Lipinski definition) is 3. The minimum Gasteiger partial charge on any atom is -0.497 e. The van der Waals surface area contributed by atoms with E-state index in [4.69, 9.17) is 4.74 Å². The zero-order valence-corrected chi connectivity index (χ0v) is 16.3. The molecule has 0 aliphatic heterocycles. The molecule has 1 atom stereocenters. The van der Waals surface area contributed by atoms with E-state index in [1.165, 1.54) is 0 Å². The average molecular weight is 374 g/mol. The molecule has 4 heteroatoms. The standard InChI is InChI=1S/C24H26N2O2/c1-25-24(27)23(19-13-15-22(28-2)16-14-19)17-18-26(20-9-5-3-6-10-20)21-11-7-4-8-12-21/h3-16,23H,17-18H2,1-2H3,(H,25,27). The molecule has 144 valence electrons. The van der Waals surface area contributed by atoms with Crippen LogP contribution in [0, 0.1) is 0 Å². The SMILES string of the molecule is CNC(=O)C(CCN(c1ccccc1)c1ccccc1)c1ccc(OC)cc1. The normalized spacial score (nSPS) is 11.5. The Hall–Kier alpha value is -3.27. The highest BCUT2D eigenvalue weighted by Crippen LogP contribution is 2.29. The Morgan fingerprint density at radius 1 is 0.893 bits per heavy atom. The molecule has 0 spiro atoms. The van der Waals surface area contributed by atoms with Crippen LogP contribution in [0.1, 0.15) is 17.9 Å². The highest BCUT2D eigenvalue weighted by molar-refractivity contribution is 5.83. The van der Waals surface area contributed by atoms with Crippen molar-refractivity contribution in [1.82, 2.24) is 5.32 Å². The number of rotatable bonds is 8. The first kappa shape index (κ1) is 19.5. The molecule has 0 aliphatic rings. The van der Waals surface area contributed by atoms with Crippen molar-refractivity contribution in [2.45, 2.75) is 12.3 Å². The number of benzene rings is 3. The van der Waals surface area contributed by atoms with Crippen LogP contribution in [0.15, 0.2) is 84.9 Å². The van der Waals surface area contributed by atoms with Crippen LogP contribution in [0.2, 0.25) is 0 Å². The van der Waals surface area contributed by atoms with E-state index in [0.29, 0.717) is 6.42 Å². The summed E-state index contributed by atoms with van der Waals surface area (Å²) in [6, 6.07) is 28.3. The minimum atomic E-state index is -0.231. The monoisotopic (exact) mass is 374 g/mol. The van der Waals surface area contributed by atoms with E-state index in [1.807, 2.05) is 60.7 Å². The van der Waals surface area contributed by atoms with Gasteiger partial charge in [-0.15, -0.1) is 0 Å². The lowest BCUT2D eigenvalue weighted by molar-refractivity contribution is -0.122. The van der Waals surface area contributed by atoms with Crippen LogP contribution >= 0.6 is 0 Å². The second kappa shape index (κ2) is 9.60. The predicted molar refractivity (Wildman–Crippen MR) is 114 cm³/mol. The largest absolute Gasteiger partial charge is 0.497 e. The zero-order valence-electron chi connectivity index (χ0n) is 16.3. The summed E-state index contributed by atoms with van der Waals surface area (Å²) in [5.74, 6) is 0.576. The van der Waals surface area contributed by atoms with Gasteiger partial charge in [0.2, 0.25) is 5.91 Å². The van der Waals surface area contributed by atoms with E-state index >= 15 is 0 Å². The van der Waals surface area contributed by atoms with E-state index in [0.717, 1.165) is 29.2 Å². The number of methoxy groups -OCH3 is 1. The van der Waals surface area contributed by atoms with Gasteiger partial charge < -0.3 is 15.0 Å². The Bertz CT molecular complexity index is 825. The Morgan fingerprint density at radius 3 is 1.89 bits per heavy atom. The summed E-state index contributed by atoms with van der Waals surface area (Å²) < 4.78 is 5.24. The molecular weight excluding hydrogens is 348 g/mol. The quantitative estimate of drug-likeness (QED) is 0.618. The third-order valence-corrected chi connectivity index (χ3v) is 4.86. The number of nitrogens with zero attached hydrogens (tertiary/aromatic N) is 1. The molecule has 0 saturated heterocycles. The average Bonchev–Trinajstić information content (AvgIpc) is 2.78. The molecule has 0 saturated carbocycles. The molecule has 3 rings (SSSR count). The van der Waals surface area contributed by atoms with Crippen LogP contribution in [0.3, 0.4) is 0 Å². The number of anilines is 2. The molecule has 0 aliphatic carbocycles. The third-order valence-electron chi connectivity index (χ3n) is 4.86. The third kappa shape index (κ3) is 4.71. The molecule has 0 radical (unpaired) electrons. The van der Waals surface area contributed by atoms with Gasteiger partial charge in [0.1, 0.15) is 5.75 Å². The second-order valence-electron chi connectivity index (χ2n) is 6.55. The van der Waals surface area contributed by atoms with Gasteiger partial charge in [0.15, 0.2) is 0 Å². The molecule has 1 N–H and O–H groups in total. The van der Waals surface area contributed by atoms with Gasteiger partial charge in [-0.3, -0.25) is 4.79 Å². The molecule has 0 heterocycles. The van der Waals surface area contributed by atoms with Crippen molar-refractivity contribution in [1.29, 1.82) is 0 Å². The van der Waals surface area contributed by atoms with Gasteiger partial charge in [0.05, 0.1) is 13.0 Å². The number of ether oxygens (including phenoxy) is 1. The lowest BCUT2D eigenvalue weighted by atomic mass is 9.94.